The fraction of sp³-hybridized carbons (Fsp3) is 0.818. The molecule has 0 unspecified atom stereocenters. The summed E-state index contributed by atoms with van der Waals surface area (Å²) in [6, 6.07) is 0.218. The monoisotopic (exact) mass is 213 g/mol. The highest BCUT2D eigenvalue weighted by Gasteiger charge is 2.30. The molecule has 0 N–H and O–H groups in total. The Hall–Kier alpha value is -1.06. The maximum Gasteiger partial charge on any atom is 0.397 e. The molecule has 15 heavy (non-hydrogen) atoms. The van der Waals surface area contributed by atoms with Crippen molar-refractivity contribution < 1.29 is 14.3 Å². The molecule has 1 rings (SSSR count). The number of hydrogen-bond donors (Lipinski definition) is 0. The maximum atomic E-state index is 11.7. The van der Waals surface area contributed by atoms with Gasteiger partial charge in [0.15, 0.2) is 0 Å². The average Bonchev–Trinajstić information content (AvgIpc) is 2.28. The standard InChI is InChI=1S/C11H19NO3/c1-3-9-7-5-6-8-12(9)10(13)11(14)15-4-2/h9H,3-8H2,1-2H3/t9-/m0/s1. The summed E-state index contributed by atoms with van der Waals surface area (Å²) in [7, 11) is 0. The second kappa shape index (κ2) is 5.73. The molecule has 0 radical (unpaired) electrons. The number of rotatable bonds is 2. The highest BCUT2D eigenvalue weighted by atomic mass is 16.5. The van der Waals surface area contributed by atoms with Crippen LogP contribution in [0.1, 0.15) is 39.5 Å². The molecule has 0 bridgehead atoms. The molecule has 1 atom stereocenters. The summed E-state index contributed by atoms with van der Waals surface area (Å²) in [5.74, 6) is -1.18. The number of esters is 1. The van der Waals surface area contributed by atoms with E-state index in [1.54, 1.807) is 11.8 Å². The van der Waals surface area contributed by atoms with Gasteiger partial charge in [0.2, 0.25) is 0 Å². The average molecular weight is 213 g/mol. The molecule has 4 nitrogen and oxygen atoms in total. The minimum atomic E-state index is -0.710. The zero-order valence-corrected chi connectivity index (χ0v) is 9.49. The van der Waals surface area contributed by atoms with E-state index in [9.17, 15) is 9.59 Å². The summed E-state index contributed by atoms with van der Waals surface area (Å²) in [6.07, 6.45) is 4.04. The second-order valence-electron chi connectivity index (χ2n) is 3.78. The van der Waals surface area contributed by atoms with Crippen LogP contribution in [0, 0.1) is 0 Å². The number of amides is 1. The van der Waals surface area contributed by atoms with Gasteiger partial charge >= 0.3 is 11.9 Å². The number of nitrogens with zero attached hydrogens (tertiary/aromatic N) is 1. The van der Waals surface area contributed by atoms with E-state index in [1.165, 1.54) is 0 Å². The molecule has 0 aliphatic carbocycles. The van der Waals surface area contributed by atoms with Gasteiger partial charge in [0.25, 0.3) is 0 Å². The van der Waals surface area contributed by atoms with Gasteiger partial charge in [0.1, 0.15) is 0 Å². The van der Waals surface area contributed by atoms with Crippen LogP contribution < -0.4 is 0 Å². The number of carbonyl (C=O) groups is 2. The third-order valence-corrected chi connectivity index (χ3v) is 2.81. The zero-order chi connectivity index (χ0) is 11.3. The van der Waals surface area contributed by atoms with Crippen molar-refractivity contribution in [3.8, 4) is 0 Å². The van der Waals surface area contributed by atoms with E-state index in [0.717, 1.165) is 25.7 Å². The first-order valence-corrected chi connectivity index (χ1v) is 5.68. The molecule has 1 aliphatic heterocycles. The van der Waals surface area contributed by atoms with Crippen LogP contribution in [0.25, 0.3) is 0 Å². The third kappa shape index (κ3) is 2.94. The number of carbonyl (C=O) groups excluding carboxylic acids is 2. The Morgan fingerprint density at radius 2 is 2.07 bits per heavy atom. The topological polar surface area (TPSA) is 46.6 Å². The van der Waals surface area contributed by atoms with Gasteiger partial charge in [-0.2, -0.15) is 0 Å². The van der Waals surface area contributed by atoms with Crippen molar-refractivity contribution >= 4 is 11.9 Å². The third-order valence-electron chi connectivity index (χ3n) is 2.81. The van der Waals surface area contributed by atoms with E-state index in [1.807, 2.05) is 6.92 Å². The molecule has 1 amide bonds. The Kier molecular flexibility index (Phi) is 4.59. The summed E-state index contributed by atoms with van der Waals surface area (Å²) in [5, 5.41) is 0. The molecule has 0 saturated carbocycles. The van der Waals surface area contributed by atoms with Crippen LogP contribution in [-0.4, -0.2) is 36.0 Å². The number of ether oxygens (including phenoxy) is 1. The van der Waals surface area contributed by atoms with Crippen molar-refractivity contribution in [1.82, 2.24) is 4.90 Å². The van der Waals surface area contributed by atoms with E-state index in [2.05, 4.69) is 0 Å². The van der Waals surface area contributed by atoms with Crippen LogP contribution in [0.15, 0.2) is 0 Å². The normalized spacial score (nSPS) is 21.2. The fourth-order valence-corrected chi connectivity index (χ4v) is 2.00. The van der Waals surface area contributed by atoms with Crippen LogP contribution in [0.3, 0.4) is 0 Å². The summed E-state index contributed by atoms with van der Waals surface area (Å²) in [4.78, 5) is 24.7. The summed E-state index contributed by atoms with van der Waals surface area (Å²) in [5.41, 5.74) is 0. The van der Waals surface area contributed by atoms with Gasteiger partial charge in [-0.15, -0.1) is 0 Å². The molecule has 0 aromatic heterocycles. The molecule has 0 aromatic carbocycles. The Morgan fingerprint density at radius 3 is 2.67 bits per heavy atom. The lowest BCUT2D eigenvalue weighted by molar-refractivity contribution is -0.161. The Morgan fingerprint density at radius 1 is 1.33 bits per heavy atom. The smallest absolute Gasteiger partial charge is 0.397 e. The number of likely N-dealkylation sites (tertiary alicyclic amines) is 1. The van der Waals surface area contributed by atoms with Gasteiger partial charge in [0.05, 0.1) is 6.61 Å². The number of piperidine rings is 1. The van der Waals surface area contributed by atoms with E-state index >= 15 is 0 Å². The van der Waals surface area contributed by atoms with Crippen molar-refractivity contribution in [2.24, 2.45) is 0 Å². The molecular weight excluding hydrogens is 194 g/mol. The van der Waals surface area contributed by atoms with Crippen LogP contribution in [0.2, 0.25) is 0 Å². The molecule has 0 aromatic rings. The van der Waals surface area contributed by atoms with Crippen molar-refractivity contribution in [2.45, 2.75) is 45.6 Å². The van der Waals surface area contributed by atoms with Gasteiger partial charge in [-0.05, 0) is 32.6 Å². The lowest BCUT2D eigenvalue weighted by Gasteiger charge is -2.34. The van der Waals surface area contributed by atoms with E-state index in [-0.39, 0.29) is 12.6 Å². The molecule has 1 fully saturated rings. The minimum Gasteiger partial charge on any atom is -0.459 e. The predicted molar refractivity (Wildman–Crippen MR) is 56.3 cm³/mol. The van der Waals surface area contributed by atoms with Crippen molar-refractivity contribution in [2.75, 3.05) is 13.2 Å². The Balaban J connectivity index is 2.59. The summed E-state index contributed by atoms with van der Waals surface area (Å²) >= 11 is 0. The SMILES string of the molecule is CCOC(=O)C(=O)N1CCCC[C@@H]1CC. The molecule has 1 saturated heterocycles. The van der Waals surface area contributed by atoms with Crippen molar-refractivity contribution in [3.05, 3.63) is 0 Å². The van der Waals surface area contributed by atoms with Crippen LogP contribution in [0.4, 0.5) is 0 Å². The largest absolute Gasteiger partial charge is 0.459 e. The van der Waals surface area contributed by atoms with E-state index in [0.29, 0.717) is 6.54 Å². The van der Waals surface area contributed by atoms with Gasteiger partial charge < -0.3 is 9.64 Å². The minimum absolute atomic E-state index is 0.218. The molecule has 1 aliphatic rings. The molecule has 86 valence electrons. The number of hydrogen-bond acceptors (Lipinski definition) is 3. The van der Waals surface area contributed by atoms with Gasteiger partial charge in [-0.1, -0.05) is 6.92 Å². The fourth-order valence-electron chi connectivity index (χ4n) is 2.00. The van der Waals surface area contributed by atoms with Crippen LogP contribution >= 0.6 is 0 Å². The predicted octanol–water partition coefficient (Wildman–Crippen LogP) is 1.34. The highest BCUT2D eigenvalue weighted by Crippen LogP contribution is 2.19. The summed E-state index contributed by atoms with van der Waals surface area (Å²) in [6.45, 7) is 4.70. The van der Waals surface area contributed by atoms with E-state index in [4.69, 9.17) is 4.74 Å². The first-order chi connectivity index (χ1) is 7.20. The van der Waals surface area contributed by atoms with Gasteiger partial charge in [-0.25, -0.2) is 4.79 Å². The lowest BCUT2D eigenvalue weighted by Crippen LogP contribution is -2.47. The van der Waals surface area contributed by atoms with E-state index < -0.39 is 11.9 Å². The molecular formula is C11H19NO3. The molecule has 4 heteroatoms. The highest BCUT2D eigenvalue weighted by molar-refractivity contribution is 6.32. The van der Waals surface area contributed by atoms with Crippen LogP contribution in [-0.2, 0) is 14.3 Å². The quantitative estimate of drug-likeness (QED) is 0.513. The first kappa shape index (κ1) is 12.0. The zero-order valence-electron chi connectivity index (χ0n) is 9.49. The Bertz CT molecular complexity index is 240. The lowest BCUT2D eigenvalue weighted by atomic mass is 10.00. The summed E-state index contributed by atoms with van der Waals surface area (Å²) < 4.78 is 4.72. The van der Waals surface area contributed by atoms with Crippen molar-refractivity contribution in [1.29, 1.82) is 0 Å². The molecule has 0 spiro atoms. The van der Waals surface area contributed by atoms with Gasteiger partial charge in [0, 0.05) is 12.6 Å². The first-order valence-electron chi connectivity index (χ1n) is 5.68. The second-order valence-corrected chi connectivity index (χ2v) is 3.78. The maximum absolute atomic E-state index is 11.7. The van der Waals surface area contributed by atoms with Crippen LogP contribution in [0.5, 0.6) is 0 Å². The van der Waals surface area contributed by atoms with Gasteiger partial charge in [-0.3, -0.25) is 4.79 Å². The Labute approximate surface area is 90.6 Å². The van der Waals surface area contributed by atoms with Crippen molar-refractivity contribution in [3.63, 3.8) is 0 Å². The molecule has 1 heterocycles.